The maximum Gasteiger partial charge on any atom is 0.339 e. The van der Waals surface area contributed by atoms with E-state index in [1.165, 1.54) is 34.6 Å². The zero-order chi connectivity index (χ0) is 21.9. The molecule has 0 saturated carbocycles. The average Bonchev–Trinajstić information content (AvgIpc) is 2.76. The first-order chi connectivity index (χ1) is 14.2. The Hall–Kier alpha value is -2.63. The molecule has 0 unspecified atom stereocenters. The van der Waals surface area contributed by atoms with Crippen LogP contribution < -0.4 is 4.90 Å². The molecular formula is C19H21F2N3O5S. The van der Waals surface area contributed by atoms with Crippen LogP contribution in [0.25, 0.3) is 0 Å². The van der Waals surface area contributed by atoms with E-state index in [0.717, 1.165) is 12.1 Å². The number of rotatable bonds is 6. The molecule has 1 fully saturated rings. The number of aromatic nitrogens is 1. The first-order valence-electron chi connectivity index (χ1n) is 9.05. The summed E-state index contributed by atoms with van der Waals surface area (Å²) in [6, 6.07) is 4.64. The van der Waals surface area contributed by atoms with E-state index in [9.17, 15) is 22.0 Å². The lowest BCUT2D eigenvalue weighted by atomic mass is 10.2. The highest BCUT2D eigenvalue weighted by molar-refractivity contribution is 7.89. The molecule has 2 aromatic rings. The van der Waals surface area contributed by atoms with Crippen molar-refractivity contribution in [3.63, 3.8) is 0 Å². The van der Waals surface area contributed by atoms with Gasteiger partial charge in [-0.25, -0.2) is 27.0 Å². The van der Waals surface area contributed by atoms with Gasteiger partial charge >= 0.3 is 5.97 Å². The topological polar surface area (TPSA) is 89.0 Å². The van der Waals surface area contributed by atoms with E-state index in [2.05, 4.69) is 9.72 Å². The van der Waals surface area contributed by atoms with Gasteiger partial charge in [-0.1, -0.05) is 6.07 Å². The largest absolute Gasteiger partial charge is 0.465 e. The van der Waals surface area contributed by atoms with Gasteiger partial charge in [-0.2, -0.15) is 4.31 Å². The average molecular weight is 441 g/mol. The van der Waals surface area contributed by atoms with E-state index in [4.69, 9.17) is 4.74 Å². The number of morpholine rings is 1. The van der Waals surface area contributed by atoms with Gasteiger partial charge in [-0.3, -0.25) is 0 Å². The Morgan fingerprint density at radius 2 is 1.93 bits per heavy atom. The van der Waals surface area contributed by atoms with Crippen LogP contribution in [0.2, 0.25) is 0 Å². The van der Waals surface area contributed by atoms with E-state index in [-0.39, 0.29) is 49.1 Å². The Morgan fingerprint density at radius 3 is 2.57 bits per heavy atom. The second-order valence-electron chi connectivity index (χ2n) is 6.66. The fraction of sp³-hybridized carbons (Fsp3) is 0.368. The van der Waals surface area contributed by atoms with Crippen molar-refractivity contribution >= 4 is 21.8 Å². The lowest BCUT2D eigenvalue weighted by Crippen LogP contribution is -2.41. The molecule has 0 aliphatic carbocycles. The lowest BCUT2D eigenvalue weighted by molar-refractivity contribution is 0.0599. The van der Waals surface area contributed by atoms with Crippen LogP contribution in [-0.2, 0) is 26.0 Å². The van der Waals surface area contributed by atoms with Crippen LogP contribution in [0.3, 0.4) is 0 Å². The van der Waals surface area contributed by atoms with Crippen molar-refractivity contribution in [3.8, 4) is 0 Å². The monoisotopic (exact) mass is 441 g/mol. The highest BCUT2D eigenvalue weighted by atomic mass is 32.2. The molecule has 162 valence electrons. The number of sulfonamides is 1. The first kappa shape index (κ1) is 22.1. The Labute approximate surface area is 173 Å². The number of nitrogens with zero attached hydrogens (tertiary/aromatic N) is 3. The molecule has 11 heteroatoms. The number of hydrogen-bond acceptors (Lipinski definition) is 7. The molecule has 0 amide bonds. The summed E-state index contributed by atoms with van der Waals surface area (Å²) >= 11 is 0. The predicted octanol–water partition coefficient (Wildman–Crippen LogP) is 1.80. The normalized spacial score (nSPS) is 15.1. The van der Waals surface area contributed by atoms with Gasteiger partial charge < -0.3 is 14.4 Å². The number of benzene rings is 1. The minimum Gasteiger partial charge on any atom is -0.465 e. The lowest BCUT2D eigenvalue weighted by Gasteiger charge is -2.28. The van der Waals surface area contributed by atoms with Crippen molar-refractivity contribution in [1.82, 2.24) is 9.29 Å². The van der Waals surface area contributed by atoms with Crippen LogP contribution in [-0.4, -0.2) is 64.1 Å². The number of methoxy groups -OCH3 is 1. The third kappa shape index (κ3) is 4.58. The number of ether oxygens (including phenoxy) is 2. The van der Waals surface area contributed by atoms with Gasteiger partial charge in [0.2, 0.25) is 10.0 Å². The summed E-state index contributed by atoms with van der Waals surface area (Å²) in [4.78, 5) is 17.4. The quantitative estimate of drug-likeness (QED) is 0.632. The Balaban J connectivity index is 2.01. The number of esters is 1. The van der Waals surface area contributed by atoms with Crippen molar-refractivity contribution in [2.45, 2.75) is 11.4 Å². The van der Waals surface area contributed by atoms with E-state index in [0.29, 0.717) is 5.56 Å². The highest BCUT2D eigenvalue weighted by Crippen LogP contribution is 2.28. The molecule has 0 bridgehead atoms. The molecular weight excluding hydrogens is 420 g/mol. The number of carbonyl (C=O) groups is 1. The molecule has 0 atom stereocenters. The summed E-state index contributed by atoms with van der Waals surface area (Å²) in [6.45, 7) is 0.897. The summed E-state index contributed by atoms with van der Waals surface area (Å²) in [7, 11) is -1.25. The number of pyridine rings is 1. The van der Waals surface area contributed by atoms with Crippen LogP contribution in [0.4, 0.5) is 14.6 Å². The Kier molecular flexibility index (Phi) is 6.64. The smallest absolute Gasteiger partial charge is 0.339 e. The number of hydrogen-bond donors (Lipinski definition) is 0. The highest BCUT2D eigenvalue weighted by Gasteiger charge is 2.31. The van der Waals surface area contributed by atoms with Crippen molar-refractivity contribution < 1.29 is 31.5 Å². The Bertz CT molecular complexity index is 1040. The maximum absolute atomic E-state index is 13.5. The molecule has 1 aliphatic heterocycles. The zero-order valence-corrected chi connectivity index (χ0v) is 17.3. The number of carbonyl (C=O) groups excluding carboxylic acids is 1. The van der Waals surface area contributed by atoms with E-state index < -0.39 is 27.6 Å². The molecule has 1 saturated heterocycles. The second kappa shape index (κ2) is 9.02. The molecule has 3 rings (SSSR count). The van der Waals surface area contributed by atoms with Crippen molar-refractivity contribution in [2.24, 2.45) is 0 Å². The molecule has 0 N–H and O–H groups in total. The van der Waals surface area contributed by atoms with Crippen LogP contribution in [0.5, 0.6) is 0 Å². The van der Waals surface area contributed by atoms with Crippen molar-refractivity contribution in [3.05, 3.63) is 53.2 Å². The van der Waals surface area contributed by atoms with Gasteiger partial charge in [-0.15, -0.1) is 0 Å². The van der Waals surface area contributed by atoms with Gasteiger partial charge in [0, 0.05) is 32.9 Å². The van der Waals surface area contributed by atoms with E-state index >= 15 is 0 Å². The fourth-order valence-corrected chi connectivity index (χ4v) is 4.68. The zero-order valence-electron chi connectivity index (χ0n) is 16.5. The minimum absolute atomic E-state index is 0.0192. The summed E-state index contributed by atoms with van der Waals surface area (Å²) < 4.78 is 64.4. The summed E-state index contributed by atoms with van der Waals surface area (Å²) in [5.74, 6) is -2.64. The van der Waals surface area contributed by atoms with E-state index in [1.54, 1.807) is 7.05 Å². The fourth-order valence-electron chi connectivity index (χ4n) is 3.06. The molecule has 1 aliphatic rings. The molecule has 1 aromatic heterocycles. The van der Waals surface area contributed by atoms with Gasteiger partial charge in [0.1, 0.15) is 10.7 Å². The van der Waals surface area contributed by atoms with Crippen LogP contribution in [0.1, 0.15) is 15.9 Å². The van der Waals surface area contributed by atoms with E-state index in [1.807, 2.05) is 0 Å². The van der Waals surface area contributed by atoms with Gasteiger partial charge in [0.05, 0.1) is 25.9 Å². The molecule has 0 radical (unpaired) electrons. The molecule has 1 aromatic carbocycles. The van der Waals surface area contributed by atoms with Crippen LogP contribution in [0.15, 0.2) is 35.4 Å². The molecule has 0 spiro atoms. The number of halogens is 2. The minimum atomic E-state index is -4.00. The first-order valence-corrected chi connectivity index (χ1v) is 10.5. The van der Waals surface area contributed by atoms with Crippen molar-refractivity contribution in [1.29, 1.82) is 0 Å². The predicted molar refractivity (Wildman–Crippen MR) is 104 cm³/mol. The SMILES string of the molecule is COC(=O)c1cnc(N(C)Cc2ccc(F)c(F)c2)c(S(=O)(=O)N2CCOCC2)c1. The van der Waals surface area contributed by atoms with Crippen molar-refractivity contribution in [2.75, 3.05) is 45.4 Å². The third-order valence-electron chi connectivity index (χ3n) is 4.61. The summed E-state index contributed by atoms with van der Waals surface area (Å²) in [6.07, 6.45) is 1.21. The standard InChI is InChI=1S/C19H21F2N3O5S/c1-23(12-13-3-4-15(20)16(21)9-13)18-17(10-14(11-22-18)19(25)28-2)30(26,27)24-5-7-29-8-6-24/h3-4,9-11H,5-8,12H2,1-2H3. The molecule has 8 nitrogen and oxygen atoms in total. The molecule has 2 heterocycles. The second-order valence-corrected chi connectivity index (χ2v) is 8.56. The van der Waals surface area contributed by atoms with Crippen LogP contribution >= 0.6 is 0 Å². The van der Waals surface area contributed by atoms with Gasteiger partial charge in [0.15, 0.2) is 11.6 Å². The van der Waals surface area contributed by atoms with Gasteiger partial charge in [0.25, 0.3) is 0 Å². The summed E-state index contributed by atoms with van der Waals surface area (Å²) in [5.41, 5.74) is 0.402. The van der Waals surface area contributed by atoms with Gasteiger partial charge in [-0.05, 0) is 23.8 Å². The maximum atomic E-state index is 13.5. The Morgan fingerprint density at radius 1 is 1.23 bits per heavy atom. The third-order valence-corrected chi connectivity index (χ3v) is 6.51. The molecule has 30 heavy (non-hydrogen) atoms. The van der Waals surface area contributed by atoms with Crippen LogP contribution in [0, 0.1) is 11.6 Å². The summed E-state index contributed by atoms with van der Waals surface area (Å²) in [5, 5.41) is 0. The number of anilines is 1.